The Kier molecular flexibility index (Phi) is 3.04. The van der Waals surface area contributed by atoms with Gasteiger partial charge in [-0.3, -0.25) is 4.21 Å². The number of hydrogen-bond donors (Lipinski definition) is 1. The van der Waals surface area contributed by atoms with Crippen molar-refractivity contribution in [2.45, 2.75) is 17.1 Å². The number of hydrogen-bond acceptors (Lipinski definition) is 3. The lowest BCUT2D eigenvalue weighted by molar-refractivity contribution is 0.680. The highest BCUT2D eigenvalue weighted by atomic mass is 32.2. The third-order valence-corrected chi connectivity index (χ3v) is 3.10. The van der Waals surface area contributed by atoms with Gasteiger partial charge in [-0.05, 0) is 31.2 Å². The van der Waals surface area contributed by atoms with Crippen molar-refractivity contribution in [1.29, 1.82) is 5.26 Å². The first-order valence-electron chi connectivity index (χ1n) is 3.81. The molecule has 1 aromatic rings. The normalized spacial score (nSPS) is 14.5. The predicted molar refractivity (Wildman–Crippen MR) is 52.3 cm³/mol. The maximum Gasteiger partial charge on any atom is 0.123 e. The fraction of sp³-hybridized carbons (Fsp3) is 0.222. The molecule has 0 aliphatic rings. The van der Waals surface area contributed by atoms with Gasteiger partial charge in [0.2, 0.25) is 0 Å². The zero-order valence-corrected chi connectivity index (χ0v) is 8.04. The van der Waals surface area contributed by atoms with Crippen LogP contribution in [0.1, 0.15) is 6.92 Å². The molecule has 0 aromatic heterocycles. The molecule has 68 valence electrons. The Morgan fingerprint density at radius 2 is 2.00 bits per heavy atom. The van der Waals surface area contributed by atoms with Gasteiger partial charge in [-0.15, -0.1) is 0 Å². The van der Waals surface area contributed by atoms with E-state index in [0.717, 1.165) is 0 Å². The minimum atomic E-state index is -1.25. The summed E-state index contributed by atoms with van der Waals surface area (Å²) in [7, 11) is -1.25. The van der Waals surface area contributed by atoms with Gasteiger partial charge in [0.1, 0.15) is 5.25 Å². The second kappa shape index (κ2) is 4.06. The Balaban J connectivity index is 2.91. The fourth-order valence-corrected chi connectivity index (χ4v) is 1.76. The van der Waals surface area contributed by atoms with Gasteiger partial charge in [-0.25, -0.2) is 0 Å². The summed E-state index contributed by atoms with van der Waals surface area (Å²) in [6, 6.07) is 8.66. The van der Waals surface area contributed by atoms with E-state index in [0.29, 0.717) is 10.6 Å². The molecule has 13 heavy (non-hydrogen) atoms. The third-order valence-electron chi connectivity index (χ3n) is 1.62. The average Bonchev–Trinajstić information content (AvgIpc) is 2.17. The number of nitrogens with two attached hydrogens (primary N) is 1. The lowest BCUT2D eigenvalue weighted by Gasteiger charge is -2.02. The molecule has 0 fully saturated rings. The van der Waals surface area contributed by atoms with Gasteiger partial charge >= 0.3 is 0 Å². The van der Waals surface area contributed by atoms with Crippen LogP contribution in [0.2, 0.25) is 0 Å². The summed E-state index contributed by atoms with van der Waals surface area (Å²) in [6.07, 6.45) is 0. The van der Waals surface area contributed by atoms with Gasteiger partial charge in [-0.2, -0.15) is 5.26 Å². The van der Waals surface area contributed by atoms with Gasteiger partial charge in [0.15, 0.2) is 0 Å². The van der Waals surface area contributed by atoms with Crippen molar-refractivity contribution in [2.24, 2.45) is 0 Å². The van der Waals surface area contributed by atoms with Crippen LogP contribution in [0.3, 0.4) is 0 Å². The molecular formula is C9H10N2OS. The SMILES string of the molecule is CC(C#N)S(=O)c1ccc(N)cc1. The van der Waals surface area contributed by atoms with Crippen LogP contribution in [0, 0.1) is 11.3 Å². The van der Waals surface area contributed by atoms with Crippen LogP contribution in [0.5, 0.6) is 0 Å². The summed E-state index contributed by atoms with van der Waals surface area (Å²) < 4.78 is 11.5. The minimum Gasteiger partial charge on any atom is -0.399 e. The van der Waals surface area contributed by atoms with Crippen LogP contribution in [0.25, 0.3) is 0 Å². The van der Waals surface area contributed by atoms with Crippen molar-refractivity contribution >= 4 is 16.5 Å². The first-order valence-corrected chi connectivity index (χ1v) is 5.02. The molecule has 3 nitrogen and oxygen atoms in total. The van der Waals surface area contributed by atoms with Crippen LogP contribution < -0.4 is 5.73 Å². The number of nitrogen functional groups attached to an aromatic ring is 1. The van der Waals surface area contributed by atoms with E-state index in [9.17, 15) is 4.21 Å². The molecule has 0 aliphatic heterocycles. The van der Waals surface area contributed by atoms with Gasteiger partial charge in [0.05, 0.1) is 16.9 Å². The van der Waals surface area contributed by atoms with E-state index < -0.39 is 16.0 Å². The van der Waals surface area contributed by atoms with Gasteiger partial charge in [0, 0.05) is 10.6 Å². The minimum absolute atomic E-state index is 0.483. The van der Waals surface area contributed by atoms with E-state index in [1.54, 1.807) is 31.2 Å². The summed E-state index contributed by atoms with van der Waals surface area (Å²) in [5, 5.41) is 8.07. The van der Waals surface area contributed by atoms with Crippen molar-refractivity contribution in [2.75, 3.05) is 5.73 Å². The largest absolute Gasteiger partial charge is 0.399 e. The zero-order valence-electron chi connectivity index (χ0n) is 7.23. The van der Waals surface area contributed by atoms with Gasteiger partial charge in [-0.1, -0.05) is 0 Å². The molecule has 0 heterocycles. The quantitative estimate of drug-likeness (QED) is 0.721. The average molecular weight is 194 g/mol. The highest BCUT2D eigenvalue weighted by Gasteiger charge is 2.11. The van der Waals surface area contributed by atoms with Crippen molar-refractivity contribution < 1.29 is 4.21 Å². The number of nitrogens with zero attached hydrogens (tertiary/aromatic N) is 1. The van der Waals surface area contributed by atoms with E-state index in [2.05, 4.69) is 0 Å². The van der Waals surface area contributed by atoms with E-state index in [4.69, 9.17) is 11.0 Å². The molecule has 0 amide bonds. The number of anilines is 1. The smallest absolute Gasteiger partial charge is 0.123 e. The molecule has 2 atom stereocenters. The van der Waals surface area contributed by atoms with Crippen LogP contribution in [0.15, 0.2) is 29.2 Å². The lowest BCUT2D eigenvalue weighted by atomic mass is 10.3. The molecule has 0 aliphatic carbocycles. The fourth-order valence-electron chi connectivity index (χ4n) is 0.854. The van der Waals surface area contributed by atoms with E-state index in [-0.39, 0.29) is 0 Å². The Bertz CT molecular complexity index is 353. The monoisotopic (exact) mass is 194 g/mol. The molecule has 0 spiro atoms. The predicted octanol–water partition coefficient (Wildman–Crippen LogP) is 1.29. The zero-order chi connectivity index (χ0) is 9.84. The van der Waals surface area contributed by atoms with Crippen molar-refractivity contribution in [1.82, 2.24) is 0 Å². The summed E-state index contributed by atoms with van der Waals surface area (Å²) in [5.74, 6) is 0. The molecule has 1 rings (SSSR count). The molecule has 1 aromatic carbocycles. The lowest BCUT2D eigenvalue weighted by Crippen LogP contribution is -2.07. The maximum atomic E-state index is 11.5. The summed E-state index contributed by atoms with van der Waals surface area (Å²) >= 11 is 0. The molecule has 0 radical (unpaired) electrons. The van der Waals surface area contributed by atoms with Crippen molar-refractivity contribution in [3.63, 3.8) is 0 Å². The Morgan fingerprint density at radius 3 is 2.46 bits per heavy atom. The summed E-state index contributed by atoms with van der Waals surface area (Å²) in [5.41, 5.74) is 6.10. The van der Waals surface area contributed by atoms with Crippen LogP contribution >= 0.6 is 0 Å². The number of nitriles is 1. The highest BCUT2D eigenvalue weighted by Crippen LogP contribution is 2.12. The Labute approximate surface area is 79.6 Å². The van der Waals surface area contributed by atoms with Gasteiger partial charge in [0.25, 0.3) is 0 Å². The Morgan fingerprint density at radius 1 is 1.46 bits per heavy atom. The second-order valence-electron chi connectivity index (χ2n) is 2.64. The van der Waals surface area contributed by atoms with E-state index >= 15 is 0 Å². The second-order valence-corrected chi connectivity index (χ2v) is 4.41. The van der Waals surface area contributed by atoms with E-state index in [1.165, 1.54) is 0 Å². The molecule has 4 heteroatoms. The van der Waals surface area contributed by atoms with E-state index in [1.807, 2.05) is 6.07 Å². The molecule has 2 unspecified atom stereocenters. The van der Waals surface area contributed by atoms with Crippen LogP contribution in [-0.2, 0) is 10.8 Å². The van der Waals surface area contributed by atoms with Crippen LogP contribution in [0.4, 0.5) is 5.69 Å². The number of rotatable bonds is 2. The summed E-state index contributed by atoms with van der Waals surface area (Å²) in [4.78, 5) is 0.642. The standard InChI is InChI=1S/C9H10N2OS/c1-7(6-10)13(12)9-4-2-8(11)3-5-9/h2-5,7H,11H2,1H3. The highest BCUT2D eigenvalue weighted by molar-refractivity contribution is 7.86. The first-order chi connectivity index (χ1) is 6.15. The molecule has 0 saturated heterocycles. The third kappa shape index (κ3) is 2.30. The van der Waals surface area contributed by atoms with Crippen LogP contribution in [-0.4, -0.2) is 9.46 Å². The first kappa shape index (κ1) is 9.75. The molecule has 2 N–H and O–H groups in total. The molecule has 0 saturated carbocycles. The van der Waals surface area contributed by atoms with Crippen molar-refractivity contribution in [3.8, 4) is 6.07 Å². The number of benzene rings is 1. The topological polar surface area (TPSA) is 66.9 Å². The molecular weight excluding hydrogens is 184 g/mol. The maximum absolute atomic E-state index is 11.5. The van der Waals surface area contributed by atoms with Crippen molar-refractivity contribution in [3.05, 3.63) is 24.3 Å². The molecule has 0 bridgehead atoms. The van der Waals surface area contributed by atoms with Gasteiger partial charge < -0.3 is 5.73 Å². The summed E-state index contributed by atoms with van der Waals surface area (Å²) in [6.45, 7) is 1.63. The Hall–Kier alpha value is -1.34.